The van der Waals surface area contributed by atoms with Gasteiger partial charge in [-0.05, 0) is 18.8 Å². The van der Waals surface area contributed by atoms with Crippen LogP contribution in [-0.4, -0.2) is 54.1 Å². The molecule has 2 atom stereocenters. The Morgan fingerprint density at radius 2 is 2.15 bits per heavy atom. The summed E-state index contributed by atoms with van der Waals surface area (Å²) in [5.74, 6) is -1.04. The summed E-state index contributed by atoms with van der Waals surface area (Å²) in [5.41, 5.74) is 0. The van der Waals surface area contributed by atoms with Gasteiger partial charge in [0.15, 0.2) is 0 Å². The minimum Gasteiger partial charge on any atom is -0.480 e. The Kier molecular flexibility index (Phi) is 6.84. The van der Waals surface area contributed by atoms with E-state index in [4.69, 9.17) is 0 Å². The molecule has 0 aliphatic carbocycles. The fraction of sp³-hybridized carbons (Fsp3) is 0.846. The van der Waals surface area contributed by atoms with Gasteiger partial charge in [-0.15, -0.1) is 0 Å². The van der Waals surface area contributed by atoms with E-state index >= 15 is 0 Å². The van der Waals surface area contributed by atoms with Crippen LogP contribution in [0.4, 0.5) is 8.78 Å². The zero-order valence-electron chi connectivity index (χ0n) is 11.6. The third kappa shape index (κ3) is 5.03. The molecule has 1 N–H and O–H groups in total. The van der Waals surface area contributed by atoms with Crippen molar-refractivity contribution in [3.05, 3.63) is 0 Å². The first-order chi connectivity index (χ1) is 9.45. The summed E-state index contributed by atoms with van der Waals surface area (Å²) >= 11 is 0. The number of carbonyl (C=O) groups excluding carboxylic acids is 1. The highest BCUT2D eigenvalue weighted by atomic mass is 19.3. The Hall–Kier alpha value is -1.24. The Morgan fingerprint density at radius 1 is 1.45 bits per heavy atom. The molecule has 0 radical (unpaired) electrons. The Morgan fingerprint density at radius 3 is 2.70 bits per heavy atom. The number of ether oxygens (including phenoxy) is 1. The van der Waals surface area contributed by atoms with Gasteiger partial charge in [0, 0.05) is 6.54 Å². The predicted molar refractivity (Wildman–Crippen MR) is 67.6 cm³/mol. The van der Waals surface area contributed by atoms with Crippen molar-refractivity contribution in [2.45, 2.75) is 45.1 Å². The largest absolute Gasteiger partial charge is 0.480 e. The number of likely N-dealkylation sites (tertiary alicyclic amines) is 1. The van der Waals surface area contributed by atoms with Gasteiger partial charge < -0.3 is 14.7 Å². The number of hydrogen-bond donors (Lipinski definition) is 1. The number of amides is 1. The maximum absolute atomic E-state index is 11.9. The molecule has 0 bridgehead atoms. The summed E-state index contributed by atoms with van der Waals surface area (Å²) in [6.45, 7) is 1.60. The minimum absolute atomic E-state index is 0.0622. The number of hydrogen-bond acceptors (Lipinski definition) is 3. The highest BCUT2D eigenvalue weighted by Crippen LogP contribution is 2.26. The van der Waals surface area contributed by atoms with E-state index < -0.39 is 25.0 Å². The molecular formula is C13H21F2NO4. The van der Waals surface area contributed by atoms with Crippen molar-refractivity contribution in [1.29, 1.82) is 0 Å². The molecule has 5 nitrogen and oxygen atoms in total. The first-order valence-corrected chi connectivity index (χ1v) is 6.83. The second-order valence-electron chi connectivity index (χ2n) is 4.96. The first kappa shape index (κ1) is 16.8. The van der Waals surface area contributed by atoms with Gasteiger partial charge in [0.25, 0.3) is 6.43 Å². The highest BCUT2D eigenvalue weighted by molar-refractivity contribution is 5.84. The quantitative estimate of drug-likeness (QED) is 0.726. The van der Waals surface area contributed by atoms with Crippen molar-refractivity contribution in [3.63, 3.8) is 0 Å². The molecule has 2 unspecified atom stereocenters. The van der Waals surface area contributed by atoms with Crippen LogP contribution in [0.3, 0.4) is 0 Å². The number of carboxylic acids is 1. The summed E-state index contributed by atoms with van der Waals surface area (Å²) < 4.78 is 28.4. The molecule has 1 aliphatic heterocycles. The van der Waals surface area contributed by atoms with Gasteiger partial charge in [0.2, 0.25) is 5.91 Å². The highest BCUT2D eigenvalue weighted by Gasteiger charge is 2.35. The Bertz CT molecular complexity index is 338. The van der Waals surface area contributed by atoms with E-state index in [-0.39, 0.29) is 18.9 Å². The van der Waals surface area contributed by atoms with Crippen LogP contribution in [-0.2, 0) is 14.3 Å². The predicted octanol–water partition coefficient (Wildman–Crippen LogP) is 1.76. The number of rotatable bonds is 7. The van der Waals surface area contributed by atoms with E-state index in [1.807, 2.05) is 6.92 Å². The van der Waals surface area contributed by atoms with Crippen molar-refractivity contribution in [2.75, 3.05) is 19.8 Å². The molecule has 1 saturated heterocycles. The topological polar surface area (TPSA) is 66.8 Å². The van der Waals surface area contributed by atoms with Gasteiger partial charge in [0.1, 0.15) is 12.6 Å². The molecule has 0 saturated carbocycles. The second-order valence-corrected chi connectivity index (χ2v) is 4.96. The van der Waals surface area contributed by atoms with E-state index in [1.165, 1.54) is 4.90 Å². The van der Waals surface area contributed by atoms with Gasteiger partial charge in [-0.2, -0.15) is 0 Å². The SMILES string of the molecule is CCC1CCN(C(=O)CCOCC(F)F)C(C(=O)O)C1. The number of alkyl halides is 2. The summed E-state index contributed by atoms with van der Waals surface area (Å²) in [7, 11) is 0. The second kappa shape index (κ2) is 8.14. The van der Waals surface area contributed by atoms with Crippen LogP contribution in [0.2, 0.25) is 0 Å². The lowest BCUT2D eigenvalue weighted by molar-refractivity contribution is -0.153. The van der Waals surface area contributed by atoms with Crippen LogP contribution in [0.15, 0.2) is 0 Å². The summed E-state index contributed by atoms with van der Waals surface area (Å²) in [4.78, 5) is 24.5. The zero-order valence-corrected chi connectivity index (χ0v) is 11.6. The molecule has 1 amide bonds. The van der Waals surface area contributed by atoms with Gasteiger partial charge >= 0.3 is 5.97 Å². The molecule has 1 aliphatic rings. The van der Waals surface area contributed by atoms with E-state index in [1.54, 1.807) is 0 Å². The number of halogens is 2. The number of aliphatic carboxylic acids is 1. The molecule has 20 heavy (non-hydrogen) atoms. The van der Waals surface area contributed by atoms with E-state index in [2.05, 4.69) is 4.74 Å². The average Bonchev–Trinajstić information content (AvgIpc) is 2.42. The van der Waals surface area contributed by atoms with Crippen LogP contribution < -0.4 is 0 Å². The first-order valence-electron chi connectivity index (χ1n) is 6.83. The molecule has 0 spiro atoms. The number of carboxylic acid groups (broad SMARTS) is 1. The maximum Gasteiger partial charge on any atom is 0.326 e. The molecular weight excluding hydrogens is 272 g/mol. The van der Waals surface area contributed by atoms with Crippen LogP contribution >= 0.6 is 0 Å². The van der Waals surface area contributed by atoms with E-state index in [0.29, 0.717) is 18.9 Å². The Balaban J connectivity index is 2.46. The van der Waals surface area contributed by atoms with Crippen molar-refractivity contribution in [1.82, 2.24) is 4.90 Å². The molecule has 1 fully saturated rings. The van der Waals surface area contributed by atoms with Gasteiger partial charge in [-0.25, -0.2) is 13.6 Å². The summed E-state index contributed by atoms with van der Waals surface area (Å²) in [6.07, 6.45) is -0.493. The smallest absolute Gasteiger partial charge is 0.326 e. The molecule has 1 rings (SSSR count). The lowest BCUT2D eigenvalue weighted by atomic mass is 9.88. The van der Waals surface area contributed by atoms with E-state index in [0.717, 1.165) is 12.8 Å². The zero-order chi connectivity index (χ0) is 15.1. The van der Waals surface area contributed by atoms with E-state index in [9.17, 15) is 23.5 Å². The van der Waals surface area contributed by atoms with Crippen molar-refractivity contribution in [2.24, 2.45) is 5.92 Å². The molecule has 7 heteroatoms. The molecule has 1 heterocycles. The van der Waals surface area contributed by atoms with Crippen LogP contribution in [0.1, 0.15) is 32.6 Å². The molecule has 0 aromatic rings. The average molecular weight is 293 g/mol. The van der Waals surface area contributed by atoms with Crippen LogP contribution in [0.25, 0.3) is 0 Å². The lowest BCUT2D eigenvalue weighted by Gasteiger charge is -2.37. The summed E-state index contributed by atoms with van der Waals surface area (Å²) in [6, 6.07) is -0.809. The number of carbonyl (C=O) groups is 2. The van der Waals surface area contributed by atoms with Crippen molar-refractivity contribution >= 4 is 11.9 Å². The minimum atomic E-state index is -2.56. The maximum atomic E-state index is 11.9. The van der Waals surface area contributed by atoms with Gasteiger partial charge in [-0.3, -0.25) is 4.79 Å². The molecule has 0 aromatic heterocycles. The van der Waals surface area contributed by atoms with Crippen molar-refractivity contribution in [3.8, 4) is 0 Å². The van der Waals surface area contributed by atoms with Gasteiger partial charge in [0.05, 0.1) is 13.0 Å². The fourth-order valence-electron chi connectivity index (χ4n) is 2.42. The Labute approximate surface area is 116 Å². The number of nitrogens with zero attached hydrogens (tertiary/aromatic N) is 1. The molecule has 116 valence electrons. The monoisotopic (exact) mass is 293 g/mol. The third-order valence-corrected chi connectivity index (χ3v) is 3.60. The van der Waals surface area contributed by atoms with Crippen LogP contribution in [0, 0.1) is 5.92 Å². The normalized spacial score (nSPS) is 23.1. The third-order valence-electron chi connectivity index (χ3n) is 3.60. The summed E-state index contributed by atoms with van der Waals surface area (Å²) in [5, 5.41) is 9.19. The van der Waals surface area contributed by atoms with Crippen molar-refractivity contribution < 1.29 is 28.2 Å². The lowest BCUT2D eigenvalue weighted by Crippen LogP contribution is -2.50. The van der Waals surface area contributed by atoms with Gasteiger partial charge in [-0.1, -0.05) is 13.3 Å². The standard InChI is InChI=1S/C13H21F2NO4/c1-2-9-3-5-16(10(7-9)13(18)19)12(17)4-6-20-8-11(14)15/h9-11H,2-8H2,1H3,(H,18,19). The fourth-order valence-corrected chi connectivity index (χ4v) is 2.42. The van der Waals surface area contributed by atoms with Crippen LogP contribution in [0.5, 0.6) is 0 Å². The number of piperidine rings is 1. The molecule has 0 aromatic carbocycles.